The summed E-state index contributed by atoms with van der Waals surface area (Å²) in [6.45, 7) is 4.25. The summed E-state index contributed by atoms with van der Waals surface area (Å²) in [5.74, 6) is 1.25. The smallest absolute Gasteiger partial charge is 0.315 e. The van der Waals surface area contributed by atoms with E-state index in [1.807, 2.05) is 11.8 Å². The molecule has 0 aromatic rings. The normalized spacial score (nSPS) is 20.9. The number of rotatable bonds is 25. The number of carbonyl (C=O) groups is 2. The Morgan fingerprint density at radius 1 is 0.789 bits per heavy atom. The van der Waals surface area contributed by atoms with Gasteiger partial charge in [0.15, 0.2) is 0 Å². The average Bonchev–Trinajstić information content (AvgIpc) is 3.41. The van der Waals surface area contributed by atoms with E-state index < -0.39 is 10.1 Å². The van der Waals surface area contributed by atoms with E-state index in [-0.39, 0.29) is 37.1 Å². The van der Waals surface area contributed by atoms with Crippen molar-refractivity contribution in [2.24, 2.45) is 0 Å². The zero-order valence-electron chi connectivity index (χ0n) is 22.4. The minimum Gasteiger partial charge on any atom is -0.379 e. The molecule has 0 spiro atoms. The van der Waals surface area contributed by atoms with Gasteiger partial charge in [0.05, 0.1) is 84.4 Å². The quantitative estimate of drug-likeness (QED) is 0.0904. The van der Waals surface area contributed by atoms with Crippen LogP contribution in [0, 0.1) is 0 Å². The Morgan fingerprint density at radius 2 is 1.32 bits per heavy atom. The van der Waals surface area contributed by atoms with Crippen LogP contribution in [0.1, 0.15) is 38.5 Å². The number of unbranched alkanes of at least 4 members (excludes halogenated alkanes) is 1. The summed E-state index contributed by atoms with van der Waals surface area (Å²) in [7, 11) is -3.42. The number of ketones is 1. The fraction of sp³-hybridized carbons (Fsp3) is 0.917. The SMILES string of the molecule is CS(=O)(=O)OCCOCCOCCOCCOCCOCCCC(=O)CCCC[C@@H]1SC[C@@H]2NC(=O)N[C@@H]21. The molecule has 14 heteroatoms. The molecule has 2 saturated heterocycles. The van der Waals surface area contributed by atoms with Crippen molar-refractivity contribution in [1.82, 2.24) is 10.6 Å². The third-order valence-corrected chi connectivity index (χ3v) is 7.99. The first-order valence-electron chi connectivity index (χ1n) is 13.3. The van der Waals surface area contributed by atoms with E-state index >= 15 is 0 Å². The van der Waals surface area contributed by atoms with Crippen molar-refractivity contribution in [1.29, 1.82) is 0 Å². The molecule has 38 heavy (non-hydrogen) atoms. The van der Waals surface area contributed by atoms with Crippen LogP contribution in [0.2, 0.25) is 0 Å². The lowest BCUT2D eigenvalue weighted by Crippen LogP contribution is -2.36. The summed E-state index contributed by atoms with van der Waals surface area (Å²) in [6.07, 6.45) is 5.82. The largest absolute Gasteiger partial charge is 0.379 e. The zero-order chi connectivity index (χ0) is 27.5. The van der Waals surface area contributed by atoms with Crippen LogP contribution < -0.4 is 10.6 Å². The summed E-state index contributed by atoms with van der Waals surface area (Å²) < 4.78 is 53.0. The number of hydrogen-bond donors (Lipinski definition) is 2. The van der Waals surface area contributed by atoms with E-state index in [2.05, 4.69) is 14.8 Å². The van der Waals surface area contributed by atoms with Gasteiger partial charge in [-0.2, -0.15) is 20.2 Å². The number of amides is 2. The monoisotopic (exact) mass is 584 g/mol. The lowest BCUT2D eigenvalue weighted by atomic mass is 10.0. The van der Waals surface area contributed by atoms with Crippen LogP contribution in [0.15, 0.2) is 0 Å². The van der Waals surface area contributed by atoms with E-state index in [9.17, 15) is 18.0 Å². The number of nitrogens with one attached hydrogen (secondary N) is 2. The maximum atomic E-state index is 12.1. The van der Waals surface area contributed by atoms with Gasteiger partial charge in [-0.05, 0) is 19.3 Å². The molecule has 0 aliphatic carbocycles. The molecule has 2 fully saturated rings. The molecule has 0 unspecified atom stereocenters. The molecule has 2 amide bonds. The third-order valence-electron chi connectivity index (χ3n) is 5.89. The van der Waals surface area contributed by atoms with E-state index in [4.69, 9.17) is 23.7 Å². The van der Waals surface area contributed by atoms with Crippen LogP contribution in [-0.4, -0.2) is 122 Å². The number of hydrogen-bond acceptors (Lipinski definition) is 11. The van der Waals surface area contributed by atoms with Gasteiger partial charge in [-0.25, -0.2) is 4.79 Å². The van der Waals surface area contributed by atoms with Crippen molar-refractivity contribution >= 4 is 33.7 Å². The molecule has 0 aromatic heterocycles. The van der Waals surface area contributed by atoms with Crippen molar-refractivity contribution in [3.8, 4) is 0 Å². The maximum absolute atomic E-state index is 12.1. The summed E-state index contributed by atoms with van der Waals surface area (Å²) in [6, 6.07) is 0.436. The van der Waals surface area contributed by atoms with Gasteiger partial charge in [-0.1, -0.05) is 6.42 Å². The van der Waals surface area contributed by atoms with Crippen molar-refractivity contribution in [2.75, 3.05) is 84.7 Å². The first-order valence-corrected chi connectivity index (χ1v) is 16.1. The molecule has 2 rings (SSSR count). The standard InChI is InChI=1S/C24H44N2O10S2/c1-38(29,30)36-18-17-35-16-15-34-14-13-33-12-11-32-10-9-31-8-4-6-20(27)5-2-3-7-22-23-21(19-37-22)25-24(28)26-23/h21-23H,2-19H2,1H3,(H2,25,26,28)/t21-,22-,23-/m0/s1. The number of ether oxygens (including phenoxy) is 5. The topological polar surface area (TPSA) is 148 Å². The number of Topliss-reactive ketones (excluding diaryl/α,β-unsaturated/α-hetero) is 1. The highest BCUT2D eigenvalue weighted by molar-refractivity contribution is 8.00. The molecule has 0 radical (unpaired) electrons. The Kier molecular flexibility index (Phi) is 17.4. The molecule has 2 N–H and O–H groups in total. The summed E-state index contributed by atoms with van der Waals surface area (Å²) >= 11 is 1.91. The molecule has 3 atom stereocenters. The fourth-order valence-electron chi connectivity index (χ4n) is 4.03. The van der Waals surface area contributed by atoms with Gasteiger partial charge in [-0.15, -0.1) is 0 Å². The van der Waals surface area contributed by atoms with E-state index in [0.717, 1.165) is 37.7 Å². The Balaban J connectivity index is 1.24. The van der Waals surface area contributed by atoms with E-state index in [0.29, 0.717) is 77.6 Å². The Bertz CT molecular complexity index is 771. The molecular weight excluding hydrogens is 540 g/mol. The summed E-state index contributed by atoms with van der Waals surface area (Å²) in [5, 5.41) is 6.41. The van der Waals surface area contributed by atoms with Crippen molar-refractivity contribution in [2.45, 2.75) is 55.9 Å². The summed E-state index contributed by atoms with van der Waals surface area (Å²) in [5.41, 5.74) is 0. The van der Waals surface area contributed by atoms with Crippen LogP contribution in [0.4, 0.5) is 4.79 Å². The van der Waals surface area contributed by atoms with Gasteiger partial charge in [-0.3, -0.25) is 8.98 Å². The second-order valence-electron chi connectivity index (χ2n) is 9.10. The zero-order valence-corrected chi connectivity index (χ0v) is 24.0. The van der Waals surface area contributed by atoms with Gasteiger partial charge < -0.3 is 34.3 Å². The van der Waals surface area contributed by atoms with Crippen LogP contribution in [0.25, 0.3) is 0 Å². The molecule has 2 heterocycles. The van der Waals surface area contributed by atoms with Crippen LogP contribution in [0.3, 0.4) is 0 Å². The molecule has 2 aliphatic rings. The Labute approximate surface area is 230 Å². The molecule has 12 nitrogen and oxygen atoms in total. The predicted octanol–water partition coefficient (Wildman–Crippen LogP) is 1.12. The maximum Gasteiger partial charge on any atom is 0.315 e. The molecule has 222 valence electrons. The number of fused-ring (bicyclic) bond motifs is 1. The lowest BCUT2D eigenvalue weighted by Gasteiger charge is -2.16. The second-order valence-corrected chi connectivity index (χ2v) is 12.0. The molecule has 0 aromatic carbocycles. The molecule has 0 saturated carbocycles. The second kappa shape index (κ2) is 20.0. The highest BCUT2D eigenvalue weighted by atomic mass is 32.2. The van der Waals surface area contributed by atoms with Crippen molar-refractivity contribution in [3.63, 3.8) is 0 Å². The Morgan fingerprint density at radius 3 is 1.89 bits per heavy atom. The van der Waals surface area contributed by atoms with Gasteiger partial charge in [0.2, 0.25) is 0 Å². The number of urea groups is 1. The van der Waals surface area contributed by atoms with E-state index in [1.54, 1.807) is 0 Å². The first kappa shape index (κ1) is 33.2. The van der Waals surface area contributed by atoms with Gasteiger partial charge in [0.1, 0.15) is 5.78 Å². The third kappa shape index (κ3) is 16.2. The minimum absolute atomic E-state index is 0.00322. The molecular formula is C24H44N2O10S2. The highest BCUT2D eigenvalue weighted by Gasteiger charge is 2.42. The lowest BCUT2D eigenvalue weighted by molar-refractivity contribution is -0.119. The van der Waals surface area contributed by atoms with Crippen LogP contribution in [0.5, 0.6) is 0 Å². The Hall–Kier alpha value is -1.00. The minimum atomic E-state index is -3.42. The van der Waals surface area contributed by atoms with Gasteiger partial charge in [0.25, 0.3) is 10.1 Å². The average molecular weight is 585 g/mol. The number of thioether (sulfide) groups is 1. The van der Waals surface area contributed by atoms with Gasteiger partial charge >= 0.3 is 6.03 Å². The highest BCUT2D eigenvalue weighted by Crippen LogP contribution is 2.33. The van der Waals surface area contributed by atoms with Gasteiger partial charge in [0, 0.05) is 30.5 Å². The molecule has 2 aliphatic heterocycles. The fourth-order valence-corrected chi connectivity index (χ4v) is 5.95. The molecule has 0 bridgehead atoms. The van der Waals surface area contributed by atoms with Crippen LogP contribution in [-0.2, 0) is 42.8 Å². The van der Waals surface area contributed by atoms with Crippen molar-refractivity contribution in [3.05, 3.63) is 0 Å². The van der Waals surface area contributed by atoms with Crippen molar-refractivity contribution < 1.29 is 45.9 Å². The first-order chi connectivity index (χ1) is 18.3. The predicted molar refractivity (Wildman–Crippen MR) is 143 cm³/mol. The van der Waals surface area contributed by atoms with E-state index in [1.165, 1.54) is 0 Å². The van der Waals surface area contributed by atoms with Crippen LogP contribution >= 0.6 is 11.8 Å². The number of carbonyl (C=O) groups excluding carboxylic acids is 2. The summed E-state index contributed by atoms with van der Waals surface area (Å²) in [4.78, 5) is 23.5.